The summed E-state index contributed by atoms with van der Waals surface area (Å²) in [7, 11) is 0. The highest BCUT2D eigenvalue weighted by Gasteiger charge is 2.30. The van der Waals surface area contributed by atoms with E-state index in [1.54, 1.807) is 35.1 Å². The fourth-order valence-corrected chi connectivity index (χ4v) is 3.26. The zero-order chi connectivity index (χ0) is 18.5. The number of carboxylic acids is 1. The van der Waals surface area contributed by atoms with Crippen molar-refractivity contribution in [2.75, 3.05) is 19.8 Å². The highest BCUT2D eigenvalue weighted by molar-refractivity contribution is 6.30. The van der Waals surface area contributed by atoms with Crippen LogP contribution in [0.25, 0.3) is 5.69 Å². The number of carboxylic acid groups (broad SMARTS) is 1. The summed E-state index contributed by atoms with van der Waals surface area (Å²) >= 11 is 5.97. The SMILES string of the molecule is O=C(NCC(C(=O)O)C1CCOCC1)c1ccn(-c2cccc(Cl)c2)n1. The van der Waals surface area contributed by atoms with Crippen molar-refractivity contribution in [3.63, 3.8) is 0 Å². The Hall–Kier alpha value is -2.38. The Morgan fingerprint density at radius 3 is 2.81 bits per heavy atom. The van der Waals surface area contributed by atoms with E-state index in [-0.39, 0.29) is 18.2 Å². The van der Waals surface area contributed by atoms with Crippen LogP contribution >= 0.6 is 11.6 Å². The number of nitrogens with zero attached hydrogens (tertiary/aromatic N) is 2. The number of hydrogen-bond acceptors (Lipinski definition) is 4. The van der Waals surface area contributed by atoms with Gasteiger partial charge in [0.15, 0.2) is 5.69 Å². The number of nitrogens with one attached hydrogen (secondary N) is 1. The van der Waals surface area contributed by atoms with Gasteiger partial charge in [0.05, 0.1) is 11.6 Å². The molecule has 1 amide bonds. The van der Waals surface area contributed by atoms with Gasteiger partial charge in [0.25, 0.3) is 5.91 Å². The number of amides is 1. The fraction of sp³-hybridized carbons (Fsp3) is 0.389. The summed E-state index contributed by atoms with van der Waals surface area (Å²) in [6.45, 7) is 1.20. The summed E-state index contributed by atoms with van der Waals surface area (Å²) in [5, 5.41) is 17.0. The molecule has 0 aliphatic carbocycles. The second-order valence-electron chi connectivity index (χ2n) is 6.23. The van der Waals surface area contributed by atoms with E-state index in [0.29, 0.717) is 31.1 Å². The van der Waals surface area contributed by atoms with Crippen LogP contribution in [0, 0.1) is 11.8 Å². The third-order valence-corrected chi connectivity index (χ3v) is 4.76. The Morgan fingerprint density at radius 1 is 1.35 bits per heavy atom. The molecular weight excluding hydrogens is 358 g/mol. The number of rotatable bonds is 6. The molecule has 1 aliphatic heterocycles. The van der Waals surface area contributed by atoms with E-state index in [0.717, 1.165) is 5.69 Å². The van der Waals surface area contributed by atoms with E-state index in [4.69, 9.17) is 16.3 Å². The van der Waals surface area contributed by atoms with Gasteiger partial charge in [-0.25, -0.2) is 4.68 Å². The van der Waals surface area contributed by atoms with Gasteiger partial charge >= 0.3 is 5.97 Å². The van der Waals surface area contributed by atoms with Gasteiger partial charge in [0.1, 0.15) is 0 Å². The van der Waals surface area contributed by atoms with Crippen LogP contribution in [0.15, 0.2) is 36.5 Å². The van der Waals surface area contributed by atoms with E-state index < -0.39 is 17.8 Å². The molecule has 138 valence electrons. The highest BCUT2D eigenvalue weighted by atomic mass is 35.5. The van der Waals surface area contributed by atoms with Crippen molar-refractivity contribution in [3.05, 3.63) is 47.2 Å². The molecule has 1 saturated heterocycles. The van der Waals surface area contributed by atoms with Gasteiger partial charge in [-0.2, -0.15) is 5.10 Å². The normalized spacial score (nSPS) is 16.2. The number of carbonyl (C=O) groups excluding carboxylic acids is 1. The van der Waals surface area contributed by atoms with E-state index in [9.17, 15) is 14.7 Å². The lowest BCUT2D eigenvalue weighted by molar-refractivity contribution is -0.144. The molecule has 1 fully saturated rings. The number of ether oxygens (including phenoxy) is 1. The molecule has 0 radical (unpaired) electrons. The molecule has 1 aromatic carbocycles. The zero-order valence-electron chi connectivity index (χ0n) is 14.1. The van der Waals surface area contributed by atoms with Crippen molar-refractivity contribution in [2.24, 2.45) is 11.8 Å². The minimum Gasteiger partial charge on any atom is -0.481 e. The maximum atomic E-state index is 12.3. The van der Waals surface area contributed by atoms with Gasteiger partial charge in [-0.15, -0.1) is 0 Å². The predicted molar refractivity (Wildman–Crippen MR) is 95.6 cm³/mol. The predicted octanol–water partition coefficient (Wildman–Crippen LogP) is 2.38. The van der Waals surface area contributed by atoms with E-state index in [1.165, 1.54) is 0 Å². The first-order valence-corrected chi connectivity index (χ1v) is 8.83. The molecule has 1 atom stereocenters. The minimum atomic E-state index is -0.901. The van der Waals surface area contributed by atoms with Crippen LogP contribution in [-0.2, 0) is 9.53 Å². The Morgan fingerprint density at radius 2 is 2.12 bits per heavy atom. The highest BCUT2D eigenvalue weighted by Crippen LogP contribution is 2.24. The first-order valence-electron chi connectivity index (χ1n) is 8.45. The molecule has 0 spiro atoms. The second kappa shape index (κ2) is 8.33. The Balaban J connectivity index is 1.63. The lowest BCUT2D eigenvalue weighted by Gasteiger charge is -2.27. The van der Waals surface area contributed by atoms with Crippen LogP contribution in [0.5, 0.6) is 0 Å². The average molecular weight is 378 g/mol. The van der Waals surface area contributed by atoms with Crippen molar-refractivity contribution in [1.82, 2.24) is 15.1 Å². The molecule has 2 aromatic rings. The Kier molecular flexibility index (Phi) is 5.90. The van der Waals surface area contributed by atoms with Gasteiger partial charge in [-0.1, -0.05) is 17.7 Å². The Labute approximate surface area is 155 Å². The second-order valence-corrected chi connectivity index (χ2v) is 6.67. The standard InChI is InChI=1S/C18H20ClN3O4/c19-13-2-1-3-14(10-13)22-7-4-16(21-22)17(23)20-11-15(18(24)25)12-5-8-26-9-6-12/h1-4,7,10,12,15H,5-6,8-9,11H2,(H,20,23)(H,24,25). The van der Waals surface area contributed by atoms with Crippen molar-refractivity contribution in [3.8, 4) is 5.69 Å². The molecule has 1 aromatic heterocycles. The van der Waals surface area contributed by atoms with Crippen LogP contribution in [0.2, 0.25) is 5.02 Å². The molecule has 0 saturated carbocycles. The fourth-order valence-electron chi connectivity index (χ4n) is 3.07. The molecular formula is C18H20ClN3O4. The number of halogens is 1. The summed E-state index contributed by atoms with van der Waals surface area (Å²) in [4.78, 5) is 23.9. The molecule has 1 unspecified atom stereocenters. The molecule has 7 nitrogen and oxygen atoms in total. The Bertz CT molecular complexity index is 786. The van der Waals surface area contributed by atoms with Gasteiger partial charge < -0.3 is 15.2 Å². The van der Waals surface area contributed by atoms with Gasteiger partial charge in [-0.3, -0.25) is 9.59 Å². The monoisotopic (exact) mass is 377 g/mol. The summed E-state index contributed by atoms with van der Waals surface area (Å²) in [6.07, 6.45) is 3.04. The maximum Gasteiger partial charge on any atom is 0.308 e. The first kappa shape index (κ1) is 18.4. The van der Waals surface area contributed by atoms with Crippen LogP contribution in [0.3, 0.4) is 0 Å². The van der Waals surface area contributed by atoms with Crippen molar-refractivity contribution >= 4 is 23.5 Å². The quantitative estimate of drug-likeness (QED) is 0.806. The zero-order valence-corrected chi connectivity index (χ0v) is 14.9. The van der Waals surface area contributed by atoms with Crippen LogP contribution in [0.4, 0.5) is 0 Å². The van der Waals surface area contributed by atoms with E-state index in [1.807, 2.05) is 6.07 Å². The molecule has 26 heavy (non-hydrogen) atoms. The summed E-state index contributed by atoms with van der Waals surface area (Å²) < 4.78 is 6.82. The van der Waals surface area contributed by atoms with Crippen LogP contribution in [-0.4, -0.2) is 46.5 Å². The van der Waals surface area contributed by atoms with Crippen molar-refractivity contribution in [2.45, 2.75) is 12.8 Å². The van der Waals surface area contributed by atoms with Gasteiger partial charge in [0, 0.05) is 31.0 Å². The number of aromatic nitrogens is 2. The number of benzene rings is 1. The van der Waals surface area contributed by atoms with E-state index >= 15 is 0 Å². The van der Waals surface area contributed by atoms with Crippen LogP contribution in [0.1, 0.15) is 23.3 Å². The summed E-state index contributed by atoms with van der Waals surface area (Å²) in [6, 6.07) is 8.70. The molecule has 8 heteroatoms. The number of aliphatic carboxylic acids is 1. The third kappa shape index (κ3) is 4.42. The lowest BCUT2D eigenvalue weighted by atomic mass is 9.86. The van der Waals surface area contributed by atoms with Gasteiger partial charge in [0.2, 0.25) is 0 Å². The maximum absolute atomic E-state index is 12.3. The third-order valence-electron chi connectivity index (χ3n) is 4.53. The summed E-state index contributed by atoms with van der Waals surface area (Å²) in [5.41, 5.74) is 0.961. The lowest BCUT2D eigenvalue weighted by Crippen LogP contribution is -2.39. The molecule has 1 aliphatic rings. The van der Waals surface area contributed by atoms with Crippen molar-refractivity contribution in [1.29, 1.82) is 0 Å². The molecule has 0 bridgehead atoms. The average Bonchev–Trinajstić information content (AvgIpc) is 3.13. The van der Waals surface area contributed by atoms with Gasteiger partial charge in [-0.05, 0) is 43.0 Å². The largest absolute Gasteiger partial charge is 0.481 e. The molecule has 3 rings (SSSR count). The first-order chi connectivity index (χ1) is 12.5. The van der Waals surface area contributed by atoms with Crippen LogP contribution < -0.4 is 5.32 Å². The summed E-state index contributed by atoms with van der Waals surface area (Å²) in [5.74, 6) is -1.92. The number of carbonyl (C=O) groups is 2. The topological polar surface area (TPSA) is 93.5 Å². The smallest absolute Gasteiger partial charge is 0.308 e. The molecule has 2 N–H and O–H groups in total. The van der Waals surface area contributed by atoms with E-state index in [2.05, 4.69) is 10.4 Å². The minimum absolute atomic E-state index is 0.00516. The molecule has 2 heterocycles. The van der Waals surface area contributed by atoms with Crippen molar-refractivity contribution < 1.29 is 19.4 Å². The number of hydrogen-bond donors (Lipinski definition) is 2.